The van der Waals surface area contributed by atoms with E-state index in [-0.39, 0.29) is 25.5 Å². The molecule has 9 heteroatoms. The monoisotopic (exact) mass is 346 g/mol. The second kappa shape index (κ2) is 7.54. The van der Waals surface area contributed by atoms with Crippen molar-refractivity contribution in [3.63, 3.8) is 0 Å². The number of benzene rings is 1. The highest BCUT2D eigenvalue weighted by Gasteiger charge is 2.47. The molecule has 0 spiro atoms. The SMILES string of the molecule is Cl.OCC(F)(F)[C@H](c1c(F)ccc(F)c1F)N1CCNCC1. The fourth-order valence-electron chi connectivity index (χ4n) is 2.48. The van der Waals surface area contributed by atoms with Crippen LogP contribution in [0.2, 0.25) is 0 Å². The van der Waals surface area contributed by atoms with Crippen LogP contribution in [0.4, 0.5) is 22.0 Å². The molecule has 2 rings (SSSR count). The first-order chi connectivity index (χ1) is 9.88. The van der Waals surface area contributed by atoms with Gasteiger partial charge in [0.05, 0.1) is 0 Å². The summed E-state index contributed by atoms with van der Waals surface area (Å²) >= 11 is 0. The van der Waals surface area contributed by atoms with Crippen LogP contribution in [0.1, 0.15) is 11.6 Å². The van der Waals surface area contributed by atoms with Gasteiger partial charge in [0.15, 0.2) is 11.6 Å². The van der Waals surface area contributed by atoms with Crippen LogP contribution in [0, 0.1) is 17.5 Å². The third-order valence-corrected chi connectivity index (χ3v) is 3.48. The van der Waals surface area contributed by atoms with Crippen LogP contribution >= 0.6 is 12.4 Å². The summed E-state index contributed by atoms with van der Waals surface area (Å²) < 4.78 is 69.0. The first-order valence-electron chi connectivity index (χ1n) is 6.45. The molecule has 0 aromatic heterocycles. The second-order valence-electron chi connectivity index (χ2n) is 4.86. The Hall–Kier alpha value is -0.960. The lowest BCUT2D eigenvalue weighted by Gasteiger charge is -2.38. The van der Waals surface area contributed by atoms with Crippen LogP contribution in [0.5, 0.6) is 0 Å². The normalized spacial score (nSPS) is 17.9. The van der Waals surface area contributed by atoms with E-state index in [1.807, 2.05) is 0 Å². The summed E-state index contributed by atoms with van der Waals surface area (Å²) in [7, 11) is 0. The summed E-state index contributed by atoms with van der Waals surface area (Å²) in [6.45, 7) is -0.657. The van der Waals surface area contributed by atoms with E-state index in [4.69, 9.17) is 5.11 Å². The van der Waals surface area contributed by atoms with E-state index in [9.17, 15) is 22.0 Å². The van der Waals surface area contributed by atoms with Gasteiger partial charge in [0.25, 0.3) is 5.92 Å². The van der Waals surface area contributed by atoms with Gasteiger partial charge in [0.1, 0.15) is 18.5 Å². The number of piperazine rings is 1. The predicted molar refractivity (Wildman–Crippen MR) is 72.8 cm³/mol. The van der Waals surface area contributed by atoms with Crippen LogP contribution in [0.3, 0.4) is 0 Å². The van der Waals surface area contributed by atoms with Gasteiger partial charge >= 0.3 is 0 Å². The Kier molecular flexibility index (Phi) is 6.54. The van der Waals surface area contributed by atoms with E-state index in [2.05, 4.69) is 5.32 Å². The summed E-state index contributed by atoms with van der Waals surface area (Å²) in [4.78, 5) is 1.15. The molecule has 0 bridgehead atoms. The minimum Gasteiger partial charge on any atom is -0.390 e. The predicted octanol–water partition coefficient (Wildman–Crippen LogP) is 2.10. The molecule has 0 radical (unpaired) electrons. The smallest absolute Gasteiger partial charge is 0.290 e. The Morgan fingerprint density at radius 2 is 1.68 bits per heavy atom. The second-order valence-corrected chi connectivity index (χ2v) is 4.86. The first kappa shape index (κ1) is 19.1. The van der Waals surface area contributed by atoms with Gasteiger partial charge in [-0.25, -0.2) is 22.0 Å². The highest BCUT2D eigenvalue weighted by Crippen LogP contribution is 2.39. The van der Waals surface area contributed by atoms with Gasteiger partial charge in [-0.1, -0.05) is 0 Å². The Morgan fingerprint density at radius 1 is 1.14 bits per heavy atom. The summed E-state index contributed by atoms with van der Waals surface area (Å²) in [5.41, 5.74) is -1.05. The van der Waals surface area contributed by atoms with E-state index in [0.717, 1.165) is 4.90 Å². The van der Waals surface area contributed by atoms with Gasteiger partial charge in [0, 0.05) is 31.7 Å². The fraction of sp³-hybridized carbons (Fsp3) is 0.538. The summed E-state index contributed by atoms with van der Waals surface area (Å²) in [6, 6.07) is -0.906. The van der Waals surface area contributed by atoms with Crippen LogP contribution < -0.4 is 5.32 Å². The lowest BCUT2D eigenvalue weighted by atomic mass is 9.97. The minimum atomic E-state index is -3.80. The van der Waals surface area contributed by atoms with Crippen molar-refractivity contribution < 1.29 is 27.1 Å². The Bertz CT molecular complexity index is 511. The summed E-state index contributed by atoms with van der Waals surface area (Å²) in [6.07, 6.45) is 0. The standard InChI is InChI=1S/C13H15F5N2O.ClH/c14-8-1-2-9(15)11(16)10(8)12(13(17,18)7-21)20-5-3-19-4-6-20;/h1-2,12,19,21H,3-7H2;1H/t12-;/m0./s1. The maximum absolute atomic E-state index is 14.0. The highest BCUT2D eigenvalue weighted by atomic mass is 35.5. The topological polar surface area (TPSA) is 35.5 Å². The molecule has 0 saturated carbocycles. The molecule has 1 saturated heterocycles. The number of halogens is 6. The zero-order valence-corrected chi connectivity index (χ0v) is 12.3. The highest BCUT2D eigenvalue weighted by molar-refractivity contribution is 5.85. The Morgan fingerprint density at radius 3 is 2.23 bits per heavy atom. The molecule has 22 heavy (non-hydrogen) atoms. The van der Waals surface area contributed by atoms with E-state index in [0.29, 0.717) is 25.2 Å². The summed E-state index contributed by atoms with van der Waals surface area (Å²) in [5.74, 6) is -8.11. The van der Waals surface area contributed by atoms with Gasteiger partial charge in [-0.3, -0.25) is 4.90 Å². The number of nitrogens with zero attached hydrogens (tertiary/aromatic N) is 1. The molecule has 1 aromatic carbocycles. The lowest BCUT2D eigenvalue weighted by Crippen LogP contribution is -2.51. The van der Waals surface area contributed by atoms with Gasteiger partial charge in [-0.05, 0) is 12.1 Å². The van der Waals surface area contributed by atoms with Crippen molar-refractivity contribution >= 4 is 12.4 Å². The molecule has 0 amide bonds. The van der Waals surface area contributed by atoms with Gasteiger partial charge in [-0.15, -0.1) is 12.4 Å². The molecule has 1 aliphatic heterocycles. The largest absolute Gasteiger partial charge is 0.390 e. The third kappa shape index (κ3) is 3.68. The fourth-order valence-corrected chi connectivity index (χ4v) is 2.48. The molecule has 1 aliphatic rings. The van der Waals surface area contributed by atoms with Crippen molar-refractivity contribution in [3.05, 3.63) is 35.1 Å². The summed E-state index contributed by atoms with van der Waals surface area (Å²) in [5, 5.41) is 11.8. The molecule has 1 atom stereocenters. The Balaban J connectivity index is 0.00000242. The number of alkyl halides is 2. The first-order valence-corrected chi connectivity index (χ1v) is 6.45. The number of rotatable bonds is 4. The molecule has 0 aliphatic carbocycles. The number of nitrogens with one attached hydrogen (secondary N) is 1. The van der Waals surface area contributed by atoms with Crippen LogP contribution in [0.15, 0.2) is 12.1 Å². The molecular formula is C13H16ClF5N2O. The molecule has 0 unspecified atom stereocenters. The maximum Gasteiger partial charge on any atom is 0.290 e. The van der Waals surface area contributed by atoms with Gasteiger partial charge in [-0.2, -0.15) is 0 Å². The average Bonchev–Trinajstić information content (AvgIpc) is 2.48. The molecule has 126 valence electrons. The number of hydrogen-bond donors (Lipinski definition) is 2. The number of aliphatic hydroxyl groups is 1. The van der Waals surface area contributed by atoms with Crippen molar-refractivity contribution in [1.29, 1.82) is 0 Å². The molecular weight excluding hydrogens is 331 g/mol. The number of aliphatic hydroxyl groups excluding tert-OH is 1. The molecule has 3 nitrogen and oxygen atoms in total. The van der Waals surface area contributed by atoms with E-state index in [1.54, 1.807) is 0 Å². The van der Waals surface area contributed by atoms with Gasteiger partial charge in [0.2, 0.25) is 0 Å². The zero-order valence-electron chi connectivity index (χ0n) is 11.5. The molecule has 1 heterocycles. The zero-order chi connectivity index (χ0) is 15.6. The van der Waals surface area contributed by atoms with E-state index >= 15 is 0 Å². The van der Waals surface area contributed by atoms with Crippen LogP contribution in [0.25, 0.3) is 0 Å². The van der Waals surface area contributed by atoms with Crippen LogP contribution in [-0.2, 0) is 0 Å². The quantitative estimate of drug-likeness (QED) is 0.647. The van der Waals surface area contributed by atoms with Crippen LogP contribution in [-0.4, -0.2) is 48.7 Å². The van der Waals surface area contributed by atoms with Crippen molar-refractivity contribution in [2.45, 2.75) is 12.0 Å². The van der Waals surface area contributed by atoms with Crippen molar-refractivity contribution in [1.82, 2.24) is 10.2 Å². The van der Waals surface area contributed by atoms with Crippen molar-refractivity contribution in [2.24, 2.45) is 0 Å². The minimum absolute atomic E-state index is 0. The molecule has 1 aromatic rings. The Labute approximate surface area is 130 Å². The maximum atomic E-state index is 14.0. The average molecular weight is 347 g/mol. The van der Waals surface area contributed by atoms with Gasteiger partial charge < -0.3 is 10.4 Å². The molecule has 1 fully saturated rings. The molecule has 2 N–H and O–H groups in total. The third-order valence-electron chi connectivity index (χ3n) is 3.48. The van der Waals surface area contributed by atoms with Crippen molar-refractivity contribution in [2.75, 3.05) is 32.8 Å². The van der Waals surface area contributed by atoms with Crippen molar-refractivity contribution in [3.8, 4) is 0 Å². The van der Waals surface area contributed by atoms with E-state index < -0.39 is 41.6 Å². The number of hydrogen-bond acceptors (Lipinski definition) is 3. The van der Waals surface area contributed by atoms with E-state index in [1.165, 1.54) is 0 Å². The lowest BCUT2D eigenvalue weighted by molar-refractivity contribution is -0.120.